The fourth-order valence-corrected chi connectivity index (χ4v) is 1.96. The molecule has 0 radical (unpaired) electrons. The van der Waals surface area contributed by atoms with Gasteiger partial charge in [0.05, 0.1) is 18.2 Å². The standard InChI is InChI=1S/C9H11ClN2O2/c1-14-9(13)7-5-8-6(10)3-2-4-12(8)11-7/h5-6H,2-4H2,1H3/t6-/m1/s1. The molecular formula is C9H11ClN2O2. The van der Waals surface area contributed by atoms with E-state index in [1.54, 1.807) is 10.7 Å². The normalized spacial score (nSPS) is 20.3. The second-order valence-electron chi connectivity index (χ2n) is 3.28. The molecule has 0 fully saturated rings. The van der Waals surface area contributed by atoms with Crippen LogP contribution in [0.15, 0.2) is 6.07 Å². The van der Waals surface area contributed by atoms with Crippen LogP contribution >= 0.6 is 11.6 Å². The van der Waals surface area contributed by atoms with Crippen LogP contribution in [0.3, 0.4) is 0 Å². The first kappa shape index (κ1) is 9.52. The average molecular weight is 215 g/mol. The lowest BCUT2D eigenvalue weighted by molar-refractivity contribution is 0.0593. The van der Waals surface area contributed by atoms with E-state index in [-0.39, 0.29) is 5.38 Å². The molecule has 1 aromatic heterocycles. The number of methoxy groups -OCH3 is 1. The van der Waals surface area contributed by atoms with Gasteiger partial charge in [0.2, 0.25) is 0 Å². The molecule has 0 bridgehead atoms. The van der Waals surface area contributed by atoms with Crippen molar-refractivity contribution in [2.45, 2.75) is 24.8 Å². The minimum atomic E-state index is -0.407. The Bertz CT molecular complexity index is 362. The fourth-order valence-electron chi connectivity index (χ4n) is 1.63. The van der Waals surface area contributed by atoms with Crippen molar-refractivity contribution in [3.8, 4) is 0 Å². The number of aryl methyl sites for hydroxylation is 1. The molecule has 1 aliphatic rings. The zero-order chi connectivity index (χ0) is 10.1. The Kier molecular flexibility index (Phi) is 2.46. The van der Waals surface area contributed by atoms with Crippen molar-refractivity contribution in [2.75, 3.05) is 7.11 Å². The van der Waals surface area contributed by atoms with Crippen LogP contribution in [0, 0.1) is 0 Å². The summed E-state index contributed by atoms with van der Waals surface area (Å²) in [6.45, 7) is 0.829. The van der Waals surface area contributed by atoms with E-state index in [2.05, 4.69) is 9.84 Å². The Hall–Kier alpha value is -1.03. The Morgan fingerprint density at radius 1 is 1.79 bits per heavy atom. The number of halogens is 1. The number of carbonyl (C=O) groups excluding carboxylic acids is 1. The minimum absolute atomic E-state index is 0.0327. The largest absolute Gasteiger partial charge is 0.464 e. The third-order valence-corrected chi connectivity index (χ3v) is 2.80. The van der Waals surface area contributed by atoms with Crippen LogP contribution in [0.1, 0.15) is 34.4 Å². The molecular weight excluding hydrogens is 204 g/mol. The molecule has 1 aromatic rings. The van der Waals surface area contributed by atoms with E-state index in [9.17, 15) is 4.79 Å². The molecule has 0 N–H and O–H groups in total. The van der Waals surface area contributed by atoms with Crippen LogP contribution in [0.2, 0.25) is 0 Å². The molecule has 2 heterocycles. The van der Waals surface area contributed by atoms with Gasteiger partial charge in [-0.2, -0.15) is 5.10 Å². The number of carbonyl (C=O) groups is 1. The number of fused-ring (bicyclic) bond motifs is 1. The number of hydrogen-bond donors (Lipinski definition) is 0. The van der Waals surface area contributed by atoms with Crippen molar-refractivity contribution in [2.24, 2.45) is 0 Å². The number of alkyl halides is 1. The van der Waals surface area contributed by atoms with E-state index in [0.29, 0.717) is 5.69 Å². The molecule has 0 aromatic carbocycles. The molecule has 5 heteroatoms. The lowest BCUT2D eigenvalue weighted by Crippen LogP contribution is -2.13. The average Bonchev–Trinajstić information content (AvgIpc) is 2.62. The minimum Gasteiger partial charge on any atom is -0.464 e. The second-order valence-corrected chi connectivity index (χ2v) is 3.81. The highest BCUT2D eigenvalue weighted by Gasteiger charge is 2.22. The van der Waals surface area contributed by atoms with Gasteiger partial charge in [-0.15, -0.1) is 11.6 Å². The lowest BCUT2D eigenvalue weighted by atomic mass is 10.1. The number of rotatable bonds is 1. The Morgan fingerprint density at radius 2 is 2.57 bits per heavy atom. The maximum absolute atomic E-state index is 11.2. The molecule has 1 aliphatic heterocycles. The smallest absolute Gasteiger partial charge is 0.358 e. The zero-order valence-corrected chi connectivity index (χ0v) is 8.62. The number of ether oxygens (including phenoxy) is 1. The van der Waals surface area contributed by atoms with Gasteiger partial charge >= 0.3 is 5.97 Å². The molecule has 0 spiro atoms. The van der Waals surface area contributed by atoms with Gasteiger partial charge in [0, 0.05) is 6.54 Å². The van der Waals surface area contributed by atoms with Gasteiger partial charge in [-0.05, 0) is 18.9 Å². The third kappa shape index (κ3) is 1.50. The first-order valence-corrected chi connectivity index (χ1v) is 4.96. The van der Waals surface area contributed by atoms with Crippen molar-refractivity contribution in [3.63, 3.8) is 0 Å². The number of esters is 1. The molecule has 14 heavy (non-hydrogen) atoms. The summed E-state index contributed by atoms with van der Waals surface area (Å²) >= 11 is 6.10. The van der Waals surface area contributed by atoms with Gasteiger partial charge in [-0.1, -0.05) is 0 Å². The molecule has 0 amide bonds. The third-order valence-electron chi connectivity index (χ3n) is 2.35. The molecule has 0 aliphatic carbocycles. The monoisotopic (exact) mass is 214 g/mol. The Balaban J connectivity index is 2.35. The van der Waals surface area contributed by atoms with E-state index >= 15 is 0 Å². The molecule has 76 valence electrons. The fraction of sp³-hybridized carbons (Fsp3) is 0.556. The highest BCUT2D eigenvalue weighted by atomic mass is 35.5. The second kappa shape index (κ2) is 3.61. The molecule has 0 saturated carbocycles. The van der Waals surface area contributed by atoms with Crippen LogP contribution in [0.25, 0.3) is 0 Å². The van der Waals surface area contributed by atoms with E-state index in [1.165, 1.54) is 7.11 Å². The molecule has 0 unspecified atom stereocenters. The summed E-state index contributed by atoms with van der Waals surface area (Å²) in [4.78, 5) is 11.2. The maximum Gasteiger partial charge on any atom is 0.358 e. The van der Waals surface area contributed by atoms with E-state index in [0.717, 1.165) is 25.1 Å². The number of hydrogen-bond acceptors (Lipinski definition) is 3. The summed E-state index contributed by atoms with van der Waals surface area (Å²) in [7, 11) is 1.35. The Labute approximate surface area is 86.8 Å². The van der Waals surface area contributed by atoms with Crippen molar-refractivity contribution in [1.82, 2.24) is 9.78 Å². The Morgan fingerprint density at radius 3 is 3.21 bits per heavy atom. The van der Waals surface area contributed by atoms with Gasteiger partial charge in [0.25, 0.3) is 0 Å². The first-order chi connectivity index (χ1) is 6.72. The predicted molar refractivity (Wildman–Crippen MR) is 51.4 cm³/mol. The first-order valence-electron chi connectivity index (χ1n) is 4.52. The van der Waals surface area contributed by atoms with Crippen molar-refractivity contribution >= 4 is 17.6 Å². The van der Waals surface area contributed by atoms with Gasteiger partial charge < -0.3 is 4.74 Å². The van der Waals surface area contributed by atoms with Crippen LogP contribution in [-0.2, 0) is 11.3 Å². The maximum atomic E-state index is 11.2. The van der Waals surface area contributed by atoms with E-state index < -0.39 is 5.97 Å². The summed E-state index contributed by atoms with van der Waals surface area (Å²) in [5.41, 5.74) is 1.26. The predicted octanol–water partition coefficient (Wildman–Crippen LogP) is 1.74. The highest BCUT2D eigenvalue weighted by Crippen LogP contribution is 2.30. The molecule has 0 saturated heterocycles. The highest BCUT2D eigenvalue weighted by molar-refractivity contribution is 6.20. The summed E-state index contributed by atoms with van der Waals surface area (Å²) in [5, 5.41) is 4.10. The van der Waals surface area contributed by atoms with E-state index in [1.807, 2.05) is 0 Å². The quantitative estimate of drug-likeness (QED) is 0.529. The number of aromatic nitrogens is 2. The summed E-state index contributed by atoms with van der Waals surface area (Å²) in [6, 6.07) is 1.71. The van der Waals surface area contributed by atoms with Crippen molar-refractivity contribution in [3.05, 3.63) is 17.5 Å². The number of nitrogens with zero attached hydrogens (tertiary/aromatic N) is 2. The van der Waals surface area contributed by atoms with Gasteiger partial charge in [0.15, 0.2) is 5.69 Å². The topological polar surface area (TPSA) is 44.1 Å². The van der Waals surface area contributed by atoms with Gasteiger partial charge in [-0.25, -0.2) is 4.79 Å². The molecule has 2 rings (SSSR count). The van der Waals surface area contributed by atoms with Crippen molar-refractivity contribution in [1.29, 1.82) is 0 Å². The molecule has 1 atom stereocenters. The van der Waals surface area contributed by atoms with Gasteiger partial charge in [0.1, 0.15) is 0 Å². The SMILES string of the molecule is COC(=O)c1cc2n(n1)CCC[C@H]2Cl. The summed E-state index contributed by atoms with van der Waals surface area (Å²) in [5.74, 6) is -0.407. The van der Waals surface area contributed by atoms with Crippen LogP contribution in [-0.4, -0.2) is 22.9 Å². The van der Waals surface area contributed by atoms with Crippen LogP contribution in [0.4, 0.5) is 0 Å². The molecule has 4 nitrogen and oxygen atoms in total. The van der Waals surface area contributed by atoms with Crippen LogP contribution < -0.4 is 0 Å². The lowest BCUT2D eigenvalue weighted by Gasteiger charge is -2.17. The van der Waals surface area contributed by atoms with Crippen LogP contribution in [0.5, 0.6) is 0 Å². The van der Waals surface area contributed by atoms with Crippen molar-refractivity contribution < 1.29 is 9.53 Å². The van der Waals surface area contributed by atoms with E-state index in [4.69, 9.17) is 11.6 Å². The zero-order valence-electron chi connectivity index (χ0n) is 7.86. The summed E-state index contributed by atoms with van der Waals surface area (Å²) in [6.07, 6.45) is 1.94. The summed E-state index contributed by atoms with van der Waals surface area (Å²) < 4.78 is 6.38. The van der Waals surface area contributed by atoms with Gasteiger partial charge in [-0.3, -0.25) is 4.68 Å².